The van der Waals surface area contributed by atoms with Crippen molar-refractivity contribution in [2.24, 2.45) is 0 Å². The third-order valence-corrected chi connectivity index (χ3v) is 8.01. The maximum absolute atomic E-state index is 14.6. The Hall–Kier alpha value is -0.683. The van der Waals surface area contributed by atoms with E-state index in [1.165, 1.54) is 6.07 Å². The summed E-state index contributed by atoms with van der Waals surface area (Å²) >= 11 is 0. The molecule has 0 amide bonds. The van der Waals surface area contributed by atoms with Crippen LogP contribution in [-0.2, 0) is 15.3 Å². The number of hydrogen-bond donors (Lipinski definition) is 0. The van der Waals surface area contributed by atoms with Gasteiger partial charge in [0, 0.05) is 8.07 Å². The van der Waals surface area contributed by atoms with Crippen LogP contribution in [-0.4, -0.2) is 22.2 Å². The van der Waals surface area contributed by atoms with Gasteiger partial charge in [0.1, 0.15) is 10.7 Å². The van der Waals surface area contributed by atoms with Crippen LogP contribution in [0.15, 0.2) is 11.0 Å². The summed E-state index contributed by atoms with van der Waals surface area (Å²) in [5, 5.41) is 0. The molecule has 5 heteroatoms. The zero-order valence-electron chi connectivity index (χ0n) is 15.1. The lowest BCUT2D eigenvalue weighted by Gasteiger charge is -2.25. The molecule has 0 spiro atoms. The van der Waals surface area contributed by atoms with Crippen molar-refractivity contribution in [3.05, 3.63) is 28.6 Å². The summed E-state index contributed by atoms with van der Waals surface area (Å²) in [4.78, 5) is -0.101. The first-order chi connectivity index (χ1) is 9.67. The van der Waals surface area contributed by atoms with Crippen molar-refractivity contribution < 1.29 is 12.8 Å². The second-order valence-electron chi connectivity index (χ2n) is 8.36. The van der Waals surface area contributed by atoms with Gasteiger partial charge in [0.25, 0.3) is 0 Å². The molecule has 0 aromatic heterocycles. The summed E-state index contributed by atoms with van der Waals surface area (Å²) in [6.07, 6.45) is 0. The Bertz CT molecular complexity index is 665. The molecule has 22 heavy (non-hydrogen) atoms. The SMILES string of the molecule is Cc1c(C(C)(C)C)cc(F)c(S(=O)(=O)CC[Si](C)(C)C)c1C. The van der Waals surface area contributed by atoms with Crippen molar-refractivity contribution in [3.8, 4) is 0 Å². The maximum Gasteiger partial charge on any atom is 0.181 e. The highest BCUT2D eigenvalue weighted by atomic mass is 32.2. The molecular weight excluding hydrogens is 315 g/mol. The Balaban J connectivity index is 3.42. The summed E-state index contributed by atoms with van der Waals surface area (Å²) in [7, 11) is -5.07. The quantitative estimate of drug-likeness (QED) is 0.732. The average molecular weight is 345 g/mol. The second-order valence-corrected chi connectivity index (χ2v) is 16.0. The molecule has 0 fully saturated rings. The lowest BCUT2D eigenvalue weighted by molar-refractivity contribution is 0.543. The molecular formula is C17H29FO2SSi. The first kappa shape index (κ1) is 19.4. The zero-order valence-corrected chi connectivity index (χ0v) is 16.9. The van der Waals surface area contributed by atoms with Crippen molar-refractivity contribution in [1.29, 1.82) is 0 Å². The predicted octanol–water partition coefficient (Wildman–Crippen LogP) is 4.85. The monoisotopic (exact) mass is 344 g/mol. The van der Waals surface area contributed by atoms with Crippen LogP contribution in [0.4, 0.5) is 4.39 Å². The van der Waals surface area contributed by atoms with E-state index in [0.29, 0.717) is 11.6 Å². The van der Waals surface area contributed by atoms with Crippen LogP contribution in [0.5, 0.6) is 0 Å². The first-order valence-corrected chi connectivity index (χ1v) is 13.1. The minimum atomic E-state index is -3.58. The van der Waals surface area contributed by atoms with Crippen LogP contribution >= 0.6 is 0 Å². The van der Waals surface area contributed by atoms with E-state index in [9.17, 15) is 12.8 Å². The minimum Gasteiger partial charge on any atom is -0.224 e. The third-order valence-electron chi connectivity index (χ3n) is 4.03. The summed E-state index contributed by atoms with van der Waals surface area (Å²) in [6, 6.07) is 2.05. The Kier molecular flexibility index (Phi) is 5.35. The fourth-order valence-corrected chi connectivity index (χ4v) is 7.26. The van der Waals surface area contributed by atoms with Crippen molar-refractivity contribution >= 4 is 17.9 Å². The Morgan fingerprint density at radius 3 is 2.00 bits per heavy atom. The largest absolute Gasteiger partial charge is 0.224 e. The highest BCUT2D eigenvalue weighted by Crippen LogP contribution is 2.33. The molecule has 126 valence electrons. The summed E-state index contributed by atoms with van der Waals surface area (Å²) in [5.74, 6) is -0.571. The van der Waals surface area contributed by atoms with E-state index in [1.807, 2.05) is 27.7 Å². The third kappa shape index (κ3) is 4.41. The molecule has 0 saturated carbocycles. The lowest BCUT2D eigenvalue weighted by Crippen LogP contribution is -2.25. The Morgan fingerprint density at radius 2 is 1.59 bits per heavy atom. The highest BCUT2D eigenvalue weighted by Gasteiger charge is 2.29. The fraction of sp³-hybridized carbons (Fsp3) is 0.647. The number of hydrogen-bond acceptors (Lipinski definition) is 2. The molecule has 1 rings (SSSR count). The summed E-state index contributed by atoms with van der Waals surface area (Å²) < 4.78 is 39.8. The van der Waals surface area contributed by atoms with Gasteiger partial charge >= 0.3 is 0 Å². The van der Waals surface area contributed by atoms with Gasteiger partial charge in [-0.1, -0.05) is 40.4 Å². The summed E-state index contributed by atoms with van der Waals surface area (Å²) in [6.45, 7) is 16.0. The molecule has 0 N–H and O–H groups in total. The van der Waals surface area contributed by atoms with E-state index < -0.39 is 23.7 Å². The van der Waals surface area contributed by atoms with Crippen LogP contribution in [0, 0.1) is 19.7 Å². The normalized spacial score (nSPS) is 13.5. The van der Waals surface area contributed by atoms with Gasteiger partial charge in [0.15, 0.2) is 9.84 Å². The van der Waals surface area contributed by atoms with Crippen LogP contribution < -0.4 is 0 Å². The number of rotatable bonds is 4. The van der Waals surface area contributed by atoms with Gasteiger partial charge in [-0.25, -0.2) is 12.8 Å². The first-order valence-electron chi connectivity index (χ1n) is 7.70. The highest BCUT2D eigenvalue weighted by molar-refractivity contribution is 7.91. The predicted molar refractivity (Wildman–Crippen MR) is 94.8 cm³/mol. The molecule has 0 aliphatic carbocycles. The molecule has 0 heterocycles. The van der Waals surface area contributed by atoms with Crippen molar-refractivity contribution in [3.63, 3.8) is 0 Å². The average Bonchev–Trinajstić information content (AvgIpc) is 2.29. The van der Waals surface area contributed by atoms with Gasteiger partial charge in [-0.2, -0.15) is 0 Å². The topological polar surface area (TPSA) is 34.1 Å². The molecule has 0 unspecified atom stereocenters. The number of sulfone groups is 1. The molecule has 1 aromatic rings. The zero-order chi connectivity index (χ0) is 17.5. The van der Waals surface area contributed by atoms with E-state index in [2.05, 4.69) is 19.6 Å². The van der Waals surface area contributed by atoms with Crippen molar-refractivity contribution in [2.45, 2.75) is 70.6 Å². The minimum absolute atomic E-state index is 0.0365. The second kappa shape index (κ2) is 6.08. The van der Waals surface area contributed by atoms with Crippen LogP contribution in [0.25, 0.3) is 0 Å². The molecule has 0 bridgehead atoms. The van der Waals surface area contributed by atoms with Gasteiger partial charge < -0.3 is 0 Å². The van der Waals surface area contributed by atoms with Crippen molar-refractivity contribution in [2.75, 3.05) is 5.75 Å². The standard InChI is InChI=1S/C17H29FO2SSi/c1-12-13(2)16(15(18)11-14(12)17(3,4)5)21(19,20)9-10-22(6,7)8/h11H,9-10H2,1-8H3. The van der Waals surface area contributed by atoms with Gasteiger partial charge in [0.05, 0.1) is 5.75 Å². The molecule has 1 aromatic carbocycles. The van der Waals surface area contributed by atoms with Crippen LogP contribution in [0.3, 0.4) is 0 Å². The molecule has 0 atom stereocenters. The molecule has 0 aliphatic rings. The van der Waals surface area contributed by atoms with E-state index in [0.717, 1.165) is 11.1 Å². The molecule has 0 aliphatic heterocycles. The number of halogens is 1. The van der Waals surface area contributed by atoms with E-state index >= 15 is 0 Å². The number of benzene rings is 1. The summed E-state index contributed by atoms with van der Waals surface area (Å²) in [5.41, 5.74) is 2.09. The van der Waals surface area contributed by atoms with E-state index in [1.54, 1.807) is 6.92 Å². The van der Waals surface area contributed by atoms with E-state index in [4.69, 9.17) is 0 Å². The lowest BCUT2D eigenvalue weighted by atomic mass is 9.82. The molecule has 0 saturated heterocycles. The van der Waals surface area contributed by atoms with Gasteiger partial charge in [-0.3, -0.25) is 0 Å². The Labute approximate surface area is 136 Å². The van der Waals surface area contributed by atoms with E-state index in [-0.39, 0.29) is 16.1 Å². The smallest absolute Gasteiger partial charge is 0.181 e. The maximum atomic E-state index is 14.6. The molecule has 0 radical (unpaired) electrons. The van der Waals surface area contributed by atoms with Crippen LogP contribution in [0.1, 0.15) is 37.5 Å². The van der Waals surface area contributed by atoms with Crippen molar-refractivity contribution in [1.82, 2.24) is 0 Å². The molecule has 2 nitrogen and oxygen atoms in total. The fourth-order valence-electron chi connectivity index (χ4n) is 2.56. The van der Waals surface area contributed by atoms with Gasteiger partial charge in [-0.05, 0) is 48.1 Å². The van der Waals surface area contributed by atoms with Gasteiger partial charge in [0.2, 0.25) is 0 Å². The van der Waals surface area contributed by atoms with Gasteiger partial charge in [-0.15, -0.1) is 0 Å². The Morgan fingerprint density at radius 1 is 1.09 bits per heavy atom. The van der Waals surface area contributed by atoms with Crippen LogP contribution in [0.2, 0.25) is 25.7 Å².